The maximum Gasteiger partial charge on any atom is 0.199 e. The Morgan fingerprint density at radius 3 is 2.42 bits per heavy atom. The second-order valence-electron chi connectivity index (χ2n) is 8.11. The molecule has 1 saturated heterocycles. The van der Waals surface area contributed by atoms with Gasteiger partial charge in [-0.05, 0) is 48.8 Å². The van der Waals surface area contributed by atoms with Crippen LogP contribution in [-0.2, 0) is 4.74 Å². The Labute approximate surface area is 159 Å². The number of rotatable bonds is 7. The van der Waals surface area contributed by atoms with Crippen molar-refractivity contribution in [2.75, 3.05) is 6.61 Å². The van der Waals surface area contributed by atoms with Crippen molar-refractivity contribution in [3.63, 3.8) is 0 Å². The van der Waals surface area contributed by atoms with Gasteiger partial charge < -0.3 is 9.47 Å². The number of hydrogen-bond acceptors (Lipinski definition) is 2. The van der Waals surface area contributed by atoms with E-state index < -0.39 is 0 Å². The summed E-state index contributed by atoms with van der Waals surface area (Å²) in [5.41, 5.74) is 1.25. The molecule has 1 aromatic rings. The molecule has 0 radical (unpaired) electrons. The minimum absolute atomic E-state index is 0.0867. The van der Waals surface area contributed by atoms with Crippen LogP contribution in [-0.4, -0.2) is 12.9 Å². The van der Waals surface area contributed by atoms with Crippen LogP contribution in [0.1, 0.15) is 82.6 Å². The van der Waals surface area contributed by atoms with Crippen molar-refractivity contribution in [2.45, 2.75) is 83.3 Å². The molecule has 3 rings (SSSR count). The zero-order chi connectivity index (χ0) is 18.2. The Balaban J connectivity index is 1.51. The fourth-order valence-electron chi connectivity index (χ4n) is 4.53. The second kappa shape index (κ2) is 10.0. The molecule has 1 saturated carbocycles. The average molecular weight is 355 g/mol. The summed E-state index contributed by atoms with van der Waals surface area (Å²) in [5.74, 6) is 5.89. The van der Waals surface area contributed by atoms with Crippen LogP contribution in [0.25, 0.3) is 0 Å². The quantitative estimate of drug-likeness (QED) is 0.535. The van der Waals surface area contributed by atoms with Gasteiger partial charge in [0.2, 0.25) is 0 Å². The lowest BCUT2D eigenvalue weighted by molar-refractivity contribution is -0.105. The number of ether oxygens (including phenoxy) is 2. The fourth-order valence-corrected chi connectivity index (χ4v) is 4.53. The zero-order valence-corrected chi connectivity index (χ0v) is 16.3. The minimum Gasteiger partial charge on any atom is -0.465 e. The van der Waals surface area contributed by atoms with E-state index in [1.165, 1.54) is 50.5 Å². The van der Waals surface area contributed by atoms with Crippen LogP contribution in [0, 0.1) is 24.2 Å². The SMILES string of the molecule is C#CC(CC1CCC(CCC)CC1)c1ccc(OC2CCCCO2)cc1. The number of hydrogen-bond donors (Lipinski definition) is 0. The monoisotopic (exact) mass is 354 g/mol. The normalized spacial score (nSPS) is 27.5. The molecule has 2 heteroatoms. The van der Waals surface area contributed by atoms with E-state index in [9.17, 15) is 0 Å². The average Bonchev–Trinajstić information content (AvgIpc) is 2.69. The van der Waals surface area contributed by atoms with Gasteiger partial charge in [-0.15, -0.1) is 6.42 Å². The lowest BCUT2D eigenvalue weighted by Gasteiger charge is -2.30. The largest absolute Gasteiger partial charge is 0.465 e. The summed E-state index contributed by atoms with van der Waals surface area (Å²) in [6.45, 7) is 3.11. The highest BCUT2D eigenvalue weighted by Crippen LogP contribution is 2.37. The van der Waals surface area contributed by atoms with Crippen LogP contribution in [0.5, 0.6) is 5.75 Å². The van der Waals surface area contributed by atoms with Crippen LogP contribution < -0.4 is 4.74 Å². The van der Waals surface area contributed by atoms with Crippen molar-refractivity contribution < 1.29 is 9.47 Å². The van der Waals surface area contributed by atoms with Gasteiger partial charge in [0.1, 0.15) is 5.75 Å². The topological polar surface area (TPSA) is 18.5 Å². The first-order chi connectivity index (χ1) is 12.8. The molecule has 1 heterocycles. The summed E-state index contributed by atoms with van der Waals surface area (Å²) in [6, 6.07) is 8.39. The second-order valence-corrected chi connectivity index (χ2v) is 8.11. The highest BCUT2D eigenvalue weighted by atomic mass is 16.7. The molecular weight excluding hydrogens is 320 g/mol. The minimum atomic E-state index is -0.0867. The van der Waals surface area contributed by atoms with Gasteiger partial charge in [-0.1, -0.05) is 63.5 Å². The number of terminal acetylenes is 1. The summed E-state index contributed by atoms with van der Waals surface area (Å²) in [6.07, 6.45) is 18.4. The molecule has 0 N–H and O–H groups in total. The number of benzene rings is 1. The molecule has 142 valence electrons. The first-order valence-corrected chi connectivity index (χ1v) is 10.6. The van der Waals surface area contributed by atoms with Gasteiger partial charge in [0.05, 0.1) is 6.61 Å². The van der Waals surface area contributed by atoms with Gasteiger partial charge in [0.15, 0.2) is 6.29 Å². The fraction of sp³-hybridized carbons (Fsp3) is 0.667. The summed E-state index contributed by atoms with van der Waals surface area (Å²) < 4.78 is 11.6. The van der Waals surface area contributed by atoms with E-state index in [1.807, 2.05) is 0 Å². The van der Waals surface area contributed by atoms with Gasteiger partial charge in [-0.25, -0.2) is 0 Å². The molecule has 26 heavy (non-hydrogen) atoms. The van der Waals surface area contributed by atoms with Crippen molar-refractivity contribution in [3.05, 3.63) is 29.8 Å². The third-order valence-corrected chi connectivity index (χ3v) is 6.12. The molecule has 0 spiro atoms. The van der Waals surface area contributed by atoms with Crippen molar-refractivity contribution in [2.24, 2.45) is 11.8 Å². The van der Waals surface area contributed by atoms with Gasteiger partial charge in [-0.2, -0.15) is 0 Å². The molecule has 2 unspecified atom stereocenters. The van der Waals surface area contributed by atoms with E-state index in [4.69, 9.17) is 15.9 Å². The third-order valence-electron chi connectivity index (χ3n) is 6.12. The first kappa shape index (κ1) is 19.3. The van der Waals surface area contributed by atoms with E-state index in [-0.39, 0.29) is 12.2 Å². The predicted molar refractivity (Wildman–Crippen MR) is 107 cm³/mol. The lowest BCUT2D eigenvalue weighted by atomic mass is 9.76. The lowest BCUT2D eigenvalue weighted by Crippen LogP contribution is -2.24. The zero-order valence-electron chi connectivity index (χ0n) is 16.3. The smallest absolute Gasteiger partial charge is 0.199 e. The van der Waals surface area contributed by atoms with Crippen LogP contribution in [0.15, 0.2) is 24.3 Å². The molecule has 1 aliphatic carbocycles. The summed E-state index contributed by atoms with van der Waals surface area (Å²) in [7, 11) is 0. The third kappa shape index (κ3) is 5.52. The molecule has 1 aromatic carbocycles. The molecule has 2 nitrogen and oxygen atoms in total. The summed E-state index contributed by atoms with van der Waals surface area (Å²) in [5, 5.41) is 0. The first-order valence-electron chi connectivity index (χ1n) is 10.6. The Morgan fingerprint density at radius 2 is 1.81 bits per heavy atom. The predicted octanol–water partition coefficient (Wildman–Crippen LogP) is 6.31. The van der Waals surface area contributed by atoms with Gasteiger partial charge in [0, 0.05) is 12.3 Å². The Kier molecular flexibility index (Phi) is 7.44. The molecule has 2 atom stereocenters. The molecular formula is C24H34O2. The van der Waals surface area contributed by atoms with Crippen LogP contribution in [0.2, 0.25) is 0 Å². The molecule has 2 fully saturated rings. The maximum atomic E-state index is 5.93. The van der Waals surface area contributed by atoms with Crippen LogP contribution in [0.4, 0.5) is 0 Å². The van der Waals surface area contributed by atoms with Crippen molar-refractivity contribution in [1.82, 2.24) is 0 Å². The molecule has 2 aliphatic rings. The summed E-state index contributed by atoms with van der Waals surface area (Å²) in [4.78, 5) is 0. The highest BCUT2D eigenvalue weighted by Gasteiger charge is 2.23. The van der Waals surface area contributed by atoms with E-state index >= 15 is 0 Å². The highest BCUT2D eigenvalue weighted by molar-refractivity contribution is 5.33. The van der Waals surface area contributed by atoms with Crippen molar-refractivity contribution >= 4 is 0 Å². The molecule has 0 bridgehead atoms. The van der Waals surface area contributed by atoms with Crippen molar-refractivity contribution in [1.29, 1.82) is 0 Å². The van der Waals surface area contributed by atoms with Gasteiger partial charge in [-0.3, -0.25) is 0 Å². The summed E-state index contributed by atoms with van der Waals surface area (Å²) >= 11 is 0. The molecule has 0 amide bonds. The van der Waals surface area contributed by atoms with Gasteiger partial charge in [0.25, 0.3) is 0 Å². The van der Waals surface area contributed by atoms with Crippen LogP contribution >= 0.6 is 0 Å². The molecule has 0 aromatic heterocycles. The van der Waals surface area contributed by atoms with Crippen molar-refractivity contribution in [3.8, 4) is 18.1 Å². The Bertz CT molecular complexity index is 557. The standard InChI is InChI=1S/C24H34O2/c1-3-7-19-9-11-20(12-10-19)18-21(4-2)22-13-15-23(16-14-22)26-24-8-5-6-17-25-24/h2,13-16,19-21,24H,3,5-12,17-18H2,1H3. The van der Waals surface area contributed by atoms with E-state index in [0.29, 0.717) is 0 Å². The Hall–Kier alpha value is -1.46. The molecule has 1 aliphatic heterocycles. The Morgan fingerprint density at radius 1 is 1.08 bits per heavy atom. The maximum absolute atomic E-state index is 5.93. The van der Waals surface area contributed by atoms with Gasteiger partial charge >= 0.3 is 0 Å². The van der Waals surface area contributed by atoms with E-state index in [0.717, 1.165) is 43.5 Å². The van der Waals surface area contributed by atoms with Crippen LogP contribution in [0.3, 0.4) is 0 Å². The van der Waals surface area contributed by atoms with E-state index in [2.05, 4.69) is 37.1 Å². The van der Waals surface area contributed by atoms with E-state index in [1.54, 1.807) is 0 Å².